The van der Waals surface area contributed by atoms with Crippen molar-refractivity contribution in [2.75, 3.05) is 12.3 Å². The molecular formula is C16H19NOS. The van der Waals surface area contributed by atoms with Crippen molar-refractivity contribution in [1.82, 2.24) is 0 Å². The molecule has 1 heterocycles. The highest BCUT2D eigenvalue weighted by Crippen LogP contribution is 2.22. The fourth-order valence-electron chi connectivity index (χ4n) is 1.96. The molecule has 0 amide bonds. The Bertz CT molecular complexity index is 491. The van der Waals surface area contributed by atoms with E-state index in [0.717, 1.165) is 36.4 Å². The van der Waals surface area contributed by atoms with Crippen molar-refractivity contribution >= 4 is 22.6 Å². The van der Waals surface area contributed by atoms with Gasteiger partial charge in [0.15, 0.2) is 5.78 Å². The Kier molecular flexibility index (Phi) is 5.40. The van der Waals surface area contributed by atoms with Crippen molar-refractivity contribution < 1.29 is 4.79 Å². The zero-order valence-corrected chi connectivity index (χ0v) is 12.1. The number of ketones is 1. The lowest BCUT2D eigenvalue weighted by Crippen LogP contribution is -2.15. The molecule has 0 aromatic heterocycles. The van der Waals surface area contributed by atoms with Gasteiger partial charge in [-0.15, -0.1) is 0 Å². The molecule has 0 unspecified atom stereocenters. The number of benzene rings is 1. The van der Waals surface area contributed by atoms with Crippen molar-refractivity contribution in [2.45, 2.75) is 26.2 Å². The molecule has 19 heavy (non-hydrogen) atoms. The Morgan fingerprint density at radius 2 is 2.05 bits per heavy atom. The van der Waals surface area contributed by atoms with Crippen LogP contribution in [0.2, 0.25) is 0 Å². The molecule has 0 saturated heterocycles. The molecule has 100 valence electrons. The van der Waals surface area contributed by atoms with Gasteiger partial charge in [0.05, 0.1) is 10.8 Å². The van der Waals surface area contributed by atoms with Crippen LogP contribution in [-0.4, -0.2) is 23.1 Å². The highest BCUT2D eigenvalue weighted by Gasteiger charge is 2.17. The third-order valence-electron chi connectivity index (χ3n) is 2.97. The topological polar surface area (TPSA) is 29.4 Å². The Labute approximate surface area is 119 Å². The maximum atomic E-state index is 11.6. The molecule has 2 rings (SSSR count). The number of carbonyl (C=O) groups excluding carboxylic acids is 1. The van der Waals surface area contributed by atoms with Crippen LogP contribution in [0.25, 0.3) is 0 Å². The summed E-state index contributed by atoms with van der Waals surface area (Å²) in [5.74, 6) is 0.730. The minimum absolute atomic E-state index is 0.199. The van der Waals surface area contributed by atoms with Crippen molar-refractivity contribution in [1.29, 1.82) is 0 Å². The van der Waals surface area contributed by atoms with Crippen LogP contribution in [0.4, 0.5) is 0 Å². The van der Waals surface area contributed by atoms with Crippen LogP contribution in [0, 0.1) is 0 Å². The van der Waals surface area contributed by atoms with Crippen LogP contribution in [0.1, 0.15) is 25.3 Å². The van der Waals surface area contributed by atoms with E-state index in [1.807, 2.05) is 18.2 Å². The summed E-state index contributed by atoms with van der Waals surface area (Å²) in [5, 5.41) is 1.05. The van der Waals surface area contributed by atoms with E-state index in [4.69, 9.17) is 0 Å². The van der Waals surface area contributed by atoms with E-state index in [-0.39, 0.29) is 5.78 Å². The molecule has 0 spiro atoms. The van der Waals surface area contributed by atoms with Gasteiger partial charge in [-0.25, -0.2) is 0 Å². The first kappa shape index (κ1) is 14.1. The molecule has 0 saturated carbocycles. The second-order valence-corrected chi connectivity index (χ2v) is 5.59. The third kappa shape index (κ3) is 4.35. The molecule has 2 nitrogen and oxygen atoms in total. The van der Waals surface area contributed by atoms with Crippen LogP contribution < -0.4 is 0 Å². The fourth-order valence-corrected chi connectivity index (χ4v) is 2.82. The zero-order valence-electron chi connectivity index (χ0n) is 11.3. The Morgan fingerprint density at radius 1 is 1.26 bits per heavy atom. The lowest BCUT2D eigenvalue weighted by Gasteiger charge is -2.15. The number of carbonyl (C=O) groups is 1. The third-order valence-corrected chi connectivity index (χ3v) is 4.06. The van der Waals surface area contributed by atoms with E-state index < -0.39 is 0 Å². The maximum absolute atomic E-state index is 11.6. The van der Waals surface area contributed by atoms with Crippen LogP contribution >= 0.6 is 11.8 Å². The highest BCUT2D eigenvalue weighted by atomic mass is 32.2. The van der Waals surface area contributed by atoms with Gasteiger partial charge in [0.2, 0.25) is 0 Å². The Balaban J connectivity index is 2.13. The van der Waals surface area contributed by atoms with Crippen molar-refractivity contribution in [3.63, 3.8) is 0 Å². The van der Waals surface area contributed by atoms with Gasteiger partial charge in [-0.3, -0.25) is 9.79 Å². The molecule has 0 aliphatic carbocycles. The zero-order chi connectivity index (χ0) is 13.5. The molecule has 0 N–H and O–H groups in total. The molecule has 3 heteroatoms. The van der Waals surface area contributed by atoms with Crippen LogP contribution in [-0.2, 0) is 11.2 Å². The monoisotopic (exact) mass is 273 g/mol. The lowest BCUT2D eigenvalue weighted by molar-refractivity contribution is -0.112. The molecule has 1 aromatic rings. The summed E-state index contributed by atoms with van der Waals surface area (Å²) in [7, 11) is 0. The van der Waals surface area contributed by atoms with E-state index >= 15 is 0 Å². The van der Waals surface area contributed by atoms with Gasteiger partial charge in [-0.05, 0) is 23.6 Å². The SMILES string of the molecule is CCCCN=C1SCC(=O)C=C1Cc1ccccc1. The predicted octanol–water partition coefficient (Wildman–Crippen LogP) is 3.67. The first-order chi connectivity index (χ1) is 9.29. The van der Waals surface area contributed by atoms with Crippen molar-refractivity contribution in [3.05, 3.63) is 47.5 Å². The van der Waals surface area contributed by atoms with Gasteiger partial charge in [0, 0.05) is 13.0 Å². The minimum atomic E-state index is 0.199. The molecule has 0 atom stereocenters. The number of aliphatic imine (C=N–C) groups is 1. The normalized spacial score (nSPS) is 17.6. The molecule has 0 radical (unpaired) electrons. The number of rotatable bonds is 5. The summed E-state index contributed by atoms with van der Waals surface area (Å²) in [6.07, 6.45) is 4.83. The van der Waals surface area contributed by atoms with Gasteiger partial charge in [-0.1, -0.05) is 55.4 Å². The van der Waals surface area contributed by atoms with Crippen LogP contribution in [0.3, 0.4) is 0 Å². The number of allylic oxidation sites excluding steroid dienone is 1. The number of thioether (sulfide) groups is 1. The Morgan fingerprint density at radius 3 is 2.79 bits per heavy atom. The van der Waals surface area contributed by atoms with Crippen molar-refractivity contribution in [3.8, 4) is 0 Å². The van der Waals surface area contributed by atoms with E-state index in [1.54, 1.807) is 17.8 Å². The average molecular weight is 273 g/mol. The molecular weight excluding hydrogens is 254 g/mol. The first-order valence-corrected chi connectivity index (χ1v) is 7.73. The summed E-state index contributed by atoms with van der Waals surface area (Å²) < 4.78 is 0. The second-order valence-electron chi connectivity index (χ2n) is 4.63. The molecule has 1 aliphatic rings. The highest BCUT2D eigenvalue weighted by molar-refractivity contribution is 8.15. The molecule has 1 aliphatic heterocycles. The number of hydrogen-bond donors (Lipinski definition) is 0. The lowest BCUT2D eigenvalue weighted by atomic mass is 10.0. The molecule has 0 fully saturated rings. The molecule has 1 aromatic carbocycles. The number of unbranched alkanes of at least 4 members (excludes halogenated alkanes) is 1. The average Bonchev–Trinajstić information content (AvgIpc) is 2.43. The van der Waals surface area contributed by atoms with Crippen LogP contribution in [0.15, 0.2) is 47.0 Å². The van der Waals surface area contributed by atoms with Gasteiger partial charge < -0.3 is 0 Å². The smallest absolute Gasteiger partial charge is 0.166 e. The number of hydrogen-bond acceptors (Lipinski definition) is 3. The maximum Gasteiger partial charge on any atom is 0.166 e. The summed E-state index contributed by atoms with van der Waals surface area (Å²) >= 11 is 1.58. The largest absolute Gasteiger partial charge is 0.294 e. The number of nitrogens with zero attached hydrogens (tertiary/aromatic N) is 1. The van der Waals surface area contributed by atoms with Gasteiger partial charge in [0.25, 0.3) is 0 Å². The van der Waals surface area contributed by atoms with Crippen molar-refractivity contribution in [2.24, 2.45) is 4.99 Å². The molecule has 0 bridgehead atoms. The first-order valence-electron chi connectivity index (χ1n) is 6.74. The fraction of sp³-hybridized carbons (Fsp3) is 0.375. The second kappa shape index (κ2) is 7.29. The Hall–Kier alpha value is -1.35. The standard InChI is InChI=1S/C16H19NOS/c1-2-3-9-17-16-14(11-15(18)12-19-16)10-13-7-5-4-6-8-13/h4-8,11H,2-3,9-10,12H2,1H3. The summed E-state index contributed by atoms with van der Waals surface area (Å²) in [5.41, 5.74) is 2.30. The quantitative estimate of drug-likeness (QED) is 0.766. The van der Waals surface area contributed by atoms with Gasteiger partial charge >= 0.3 is 0 Å². The summed E-state index contributed by atoms with van der Waals surface area (Å²) in [6, 6.07) is 10.3. The summed E-state index contributed by atoms with van der Waals surface area (Å²) in [4.78, 5) is 16.2. The predicted molar refractivity (Wildman–Crippen MR) is 82.9 cm³/mol. The van der Waals surface area contributed by atoms with E-state index in [2.05, 4.69) is 24.0 Å². The van der Waals surface area contributed by atoms with Gasteiger partial charge in [-0.2, -0.15) is 0 Å². The van der Waals surface area contributed by atoms with E-state index in [1.165, 1.54) is 5.56 Å². The van der Waals surface area contributed by atoms with E-state index in [9.17, 15) is 4.79 Å². The summed E-state index contributed by atoms with van der Waals surface area (Å²) in [6.45, 7) is 3.03. The van der Waals surface area contributed by atoms with E-state index in [0.29, 0.717) is 5.75 Å². The minimum Gasteiger partial charge on any atom is -0.294 e. The van der Waals surface area contributed by atoms with Crippen LogP contribution in [0.5, 0.6) is 0 Å². The van der Waals surface area contributed by atoms with Gasteiger partial charge in [0.1, 0.15) is 0 Å².